The van der Waals surface area contributed by atoms with Gasteiger partial charge in [0.1, 0.15) is 17.5 Å². The van der Waals surface area contributed by atoms with Gasteiger partial charge in [-0.05, 0) is 34.5 Å². The third kappa shape index (κ3) is 1.69. The van der Waals surface area contributed by atoms with Crippen LogP contribution in [0.1, 0.15) is 5.56 Å². The lowest BCUT2D eigenvalue weighted by atomic mass is 10.1. The molecule has 0 saturated carbocycles. The van der Waals surface area contributed by atoms with Crippen molar-refractivity contribution < 1.29 is 8.78 Å². The second-order valence-corrected chi connectivity index (χ2v) is 4.24. The monoisotopic (exact) mass is 287 g/mol. The number of H-pyrrole nitrogens is 1. The fourth-order valence-corrected chi connectivity index (χ4v) is 1.97. The van der Waals surface area contributed by atoms with Gasteiger partial charge in [-0.1, -0.05) is 0 Å². The maximum atomic E-state index is 13.8. The van der Waals surface area contributed by atoms with Crippen molar-refractivity contribution in [2.45, 2.75) is 6.92 Å². The average Bonchev–Trinajstić information content (AvgIpc) is 2.62. The summed E-state index contributed by atoms with van der Waals surface area (Å²) in [6.45, 7) is 1.56. The van der Waals surface area contributed by atoms with Crippen LogP contribution in [0.25, 0.3) is 11.3 Å². The van der Waals surface area contributed by atoms with Gasteiger partial charge in [0.2, 0.25) is 0 Å². The van der Waals surface area contributed by atoms with Gasteiger partial charge in [-0.25, -0.2) is 8.78 Å². The Balaban J connectivity index is 2.73. The fourth-order valence-electron chi connectivity index (χ4n) is 1.43. The number of aromatic amines is 1. The van der Waals surface area contributed by atoms with Gasteiger partial charge >= 0.3 is 0 Å². The summed E-state index contributed by atoms with van der Waals surface area (Å²) in [5.74, 6) is -1.11. The largest absolute Gasteiger partial charge is 0.382 e. The van der Waals surface area contributed by atoms with Crippen molar-refractivity contribution >= 4 is 21.7 Å². The van der Waals surface area contributed by atoms with Crippen LogP contribution in [0.5, 0.6) is 0 Å². The number of aromatic nitrogens is 2. The Labute approximate surface area is 98.8 Å². The number of nitrogens with zero attached hydrogens (tertiary/aromatic N) is 1. The van der Waals surface area contributed by atoms with Crippen LogP contribution in [0.15, 0.2) is 16.6 Å². The smallest absolute Gasteiger partial charge is 0.149 e. The van der Waals surface area contributed by atoms with Crippen molar-refractivity contribution in [1.29, 1.82) is 0 Å². The molecule has 6 heteroatoms. The van der Waals surface area contributed by atoms with E-state index < -0.39 is 11.6 Å². The number of nitrogen functional groups attached to an aromatic ring is 1. The summed E-state index contributed by atoms with van der Waals surface area (Å²) >= 11 is 3.03. The number of nitrogens with two attached hydrogens (primary N) is 1. The Morgan fingerprint density at radius 3 is 2.56 bits per heavy atom. The standard InChI is InChI=1S/C10H8BrF2N3/c1-4-2-5(11)10(13)8(9(4)12)6-3-7(14)16-15-6/h2-3H,1H3,(H3,14,15,16). The Hall–Kier alpha value is -1.43. The molecule has 84 valence electrons. The van der Waals surface area contributed by atoms with E-state index >= 15 is 0 Å². The minimum atomic E-state index is -0.674. The number of halogens is 3. The lowest BCUT2D eigenvalue weighted by molar-refractivity contribution is 0.578. The van der Waals surface area contributed by atoms with Crippen molar-refractivity contribution in [1.82, 2.24) is 10.2 Å². The summed E-state index contributed by atoms with van der Waals surface area (Å²) < 4.78 is 27.8. The van der Waals surface area contributed by atoms with E-state index in [2.05, 4.69) is 26.1 Å². The molecule has 0 radical (unpaired) electrons. The second-order valence-electron chi connectivity index (χ2n) is 3.38. The van der Waals surface area contributed by atoms with Gasteiger partial charge < -0.3 is 5.73 Å². The summed E-state index contributed by atoms with van der Waals surface area (Å²) in [5.41, 5.74) is 5.80. The summed E-state index contributed by atoms with van der Waals surface area (Å²) in [4.78, 5) is 0. The summed E-state index contributed by atoms with van der Waals surface area (Å²) in [6, 6.07) is 2.77. The molecular weight excluding hydrogens is 280 g/mol. The molecule has 3 N–H and O–H groups in total. The molecule has 1 aromatic heterocycles. The Morgan fingerprint density at radius 2 is 2.00 bits per heavy atom. The molecule has 2 rings (SSSR count). The SMILES string of the molecule is Cc1cc(Br)c(F)c(-c2cc(N)n[nH]2)c1F. The topological polar surface area (TPSA) is 54.7 Å². The zero-order valence-electron chi connectivity index (χ0n) is 8.31. The second kappa shape index (κ2) is 3.86. The third-order valence-electron chi connectivity index (χ3n) is 2.21. The first-order valence-electron chi connectivity index (χ1n) is 4.46. The van der Waals surface area contributed by atoms with Crippen LogP contribution in [0.4, 0.5) is 14.6 Å². The van der Waals surface area contributed by atoms with E-state index in [0.29, 0.717) is 5.56 Å². The summed E-state index contributed by atoms with van der Waals surface area (Å²) in [7, 11) is 0. The van der Waals surface area contributed by atoms with Crippen molar-refractivity contribution in [2.75, 3.05) is 5.73 Å². The number of nitrogens with one attached hydrogen (secondary N) is 1. The first-order chi connectivity index (χ1) is 7.50. The van der Waals surface area contributed by atoms with Crippen molar-refractivity contribution in [3.63, 3.8) is 0 Å². The van der Waals surface area contributed by atoms with E-state index in [1.807, 2.05) is 0 Å². The normalized spacial score (nSPS) is 10.8. The van der Waals surface area contributed by atoms with Crippen LogP contribution >= 0.6 is 15.9 Å². The molecule has 3 nitrogen and oxygen atoms in total. The van der Waals surface area contributed by atoms with Crippen LogP contribution in [0.3, 0.4) is 0 Å². The average molecular weight is 288 g/mol. The highest BCUT2D eigenvalue weighted by Gasteiger charge is 2.18. The molecule has 16 heavy (non-hydrogen) atoms. The maximum Gasteiger partial charge on any atom is 0.149 e. The van der Waals surface area contributed by atoms with Crippen LogP contribution < -0.4 is 5.73 Å². The molecule has 2 aromatic rings. The molecule has 1 aromatic carbocycles. The van der Waals surface area contributed by atoms with Crippen molar-refractivity contribution in [3.8, 4) is 11.3 Å². The van der Waals surface area contributed by atoms with Crippen molar-refractivity contribution in [3.05, 3.63) is 33.8 Å². The molecule has 0 aliphatic heterocycles. The van der Waals surface area contributed by atoms with Crippen LogP contribution in [-0.2, 0) is 0 Å². The van der Waals surface area contributed by atoms with Crippen LogP contribution in [0, 0.1) is 18.6 Å². The van der Waals surface area contributed by atoms with Crippen molar-refractivity contribution in [2.24, 2.45) is 0 Å². The molecule has 1 heterocycles. The first-order valence-corrected chi connectivity index (χ1v) is 5.25. The summed E-state index contributed by atoms with van der Waals surface area (Å²) in [6.07, 6.45) is 0. The lowest BCUT2D eigenvalue weighted by Gasteiger charge is -2.06. The number of aryl methyl sites for hydroxylation is 1. The maximum absolute atomic E-state index is 13.8. The Morgan fingerprint density at radius 1 is 1.31 bits per heavy atom. The zero-order valence-corrected chi connectivity index (χ0v) is 9.90. The van der Waals surface area contributed by atoms with Crippen LogP contribution in [-0.4, -0.2) is 10.2 Å². The Bertz CT molecular complexity index is 525. The number of hydrogen-bond acceptors (Lipinski definition) is 2. The lowest BCUT2D eigenvalue weighted by Crippen LogP contribution is -1.95. The minimum Gasteiger partial charge on any atom is -0.382 e. The molecule has 0 aliphatic rings. The predicted octanol–water partition coefficient (Wildman–Crippen LogP) is 3.01. The van der Waals surface area contributed by atoms with Gasteiger partial charge in [0.15, 0.2) is 0 Å². The van der Waals surface area contributed by atoms with Gasteiger partial charge in [-0.2, -0.15) is 5.10 Å². The molecule has 0 fully saturated rings. The molecule has 0 unspecified atom stereocenters. The number of hydrogen-bond donors (Lipinski definition) is 2. The third-order valence-corrected chi connectivity index (χ3v) is 2.78. The Kier molecular flexibility index (Phi) is 2.67. The molecule has 0 bridgehead atoms. The van der Waals surface area contributed by atoms with Gasteiger partial charge in [-0.15, -0.1) is 0 Å². The van der Waals surface area contributed by atoms with Gasteiger partial charge in [0, 0.05) is 6.07 Å². The van der Waals surface area contributed by atoms with Gasteiger partial charge in [-0.3, -0.25) is 5.10 Å². The number of benzene rings is 1. The van der Waals surface area contributed by atoms with E-state index in [9.17, 15) is 8.78 Å². The van der Waals surface area contributed by atoms with E-state index in [1.54, 1.807) is 6.92 Å². The molecule has 0 saturated heterocycles. The molecular formula is C10H8BrF2N3. The summed E-state index contributed by atoms with van der Waals surface area (Å²) in [5, 5.41) is 6.12. The quantitative estimate of drug-likeness (QED) is 0.792. The molecule has 0 amide bonds. The van der Waals surface area contributed by atoms with E-state index in [1.165, 1.54) is 12.1 Å². The first kappa shape index (κ1) is 11.1. The molecule has 0 spiro atoms. The molecule has 0 aliphatic carbocycles. The molecule has 0 atom stereocenters. The highest BCUT2D eigenvalue weighted by molar-refractivity contribution is 9.10. The minimum absolute atomic E-state index is 0.156. The highest BCUT2D eigenvalue weighted by atomic mass is 79.9. The number of rotatable bonds is 1. The van der Waals surface area contributed by atoms with E-state index in [-0.39, 0.29) is 21.5 Å². The predicted molar refractivity (Wildman–Crippen MR) is 60.8 cm³/mol. The van der Waals surface area contributed by atoms with Crippen LogP contribution in [0.2, 0.25) is 0 Å². The highest BCUT2D eigenvalue weighted by Crippen LogP contribution is 2.32. The van der Waals surface area contributed by atoms with Gasteiger partial charge in [0.05, 0.1) is 15.7 Å². The van der Waals surface area contributed by atoms with E-state index in [0.717, 1.165) is 0 Å². The number of anilines is 1. The van der Waals surface area contributed by atoms with Gasteiger partial charge in [0.25, 0.3) is 0 Å². The fraction of sp³-hybridized carbons (Fsp3) is 0.100. The van der Waals surface area contributed by atoms with E-state index in [4.69, 9.17) is 5.73 Å². The zero-order chi connectivity index (χ0) is 11.9.